The second-order valence-electron chi connectivity index (χ2n) is 11.9. The molecule has 0 saturated heterocycles. The number of esters is 2. The molecular formula is C34H52I2N2O4. The zero-order valence-electron chi connectivity index (χ0n) is 26.4. The number of rotatable bonds is 16. The highest BCUT2D eigenvalue weighted by molar-refractivity contribution is 5.85. The normalized spacial score (nSPS) is 20.0. The van der Waals surface area contributed by atoms with E-state index in [9.17, 15) is 9.59 Å². The van der Waals surface area contributed by atoms with Gasteiger partial charge in [-0.1, -0.05) is 60.7 Å². The fraction of sp³-hybridized carbons (Fsp3) is 0.588. The van der Waals surface area contributed by atoms with E-state index in [1.165, 1.54) is 0 Å². The molecule has 2 aromatic rings. The Morgan fingerprint density at radius 3 is 1.19 bits per heavy atom. The van der Waals surface area contributed by atoms with Crippen molar-refractivity contribution in [2.24, 2.45) is 11.8 Å². The predicted octanol–water partition coefficient (Wildman–Crippen LogP) is -0.353. The van der Waals surface area contributed by atoms with Crippen LogP contribution < -0.4 is 48.0 Å². The number of carbonyl (C=O) groups excluding carboxylic acids is 2. The fourth-order valence-electron chi connectivity index (χ4n) is 6.02. The van der Waals surface area contributed by atoms with Crippen LogP contribution in [0.2, 0.25) is 0 Å². The summed E-state index contributed by atoms with van der Waals surface area (Å²) in [5.74, 6) is -1.83. The van der Waals surface area contributed by atoms with Crippen LogP contribution in [-0.4, -0.2) is 87.5 Å². The van der Waals surface area contributed by atoms with Crippen molar-refractivity contribution in [3.05, 3.63) is 71.8 Å². The fourth-order valence-corrected chi connectivity index (χ4v) is 6.02. The van der Waals surface area contributed by atoms with Crippen LogP contribution in [-0.2, 0) is 19.1 Å². The van der Waals surface area contributed by atoms with Crippen molar-refractivity contribution in [3.63, 3.8) is 0 Å². The minimum Gasteiger partial charge on any atom is -1.00 e. The van der Waals surface area contributed by atoms with Gasteiger partial charge in [-0.2, -0.15) is 0 Å². The Hall–Kier alpha value is -1.24. The van der Waals surface area contributed by atoms with Gasteiger partial charge in [0, 0.05) is 24.7 Å². The minimum absolute atomic E-state index is 0. The van der Waals surface area contributed by atoms with Crippen molar-refractivity contribution in [3.8, 4) is 0 Å². The Bertz CT molecular complexity index is 968. The van der Waals surface area contributed by atoms with E-state index in [2.05, 4.69) is 41.8 Å². The molecule has 0 unspecified atom stereocenters. The summed E-state index contributed by atoms with van der Waals surface area (Å²) in [6.07, 6.45) is 1.64. The first-order chi connectivity index (χ1) is 19.2. The monoisotopic (exact) mass is 806 g/mol. The van der Waals surface area contributed by atoms with Gasteiger partial charge in [-0.15, -0.1) is 0 Å². The van der Waals surface area contributed by atoms with E-state index < -0.39 is 11.8 Å². The van der Waals surface area contributed by atoms with E-state index in [0.29, 0.717) is 13.2 Å². The molecule has 0 spiro atoms. The summed E-state index contributed by atoms with van der Waals surface area (Å²) in [6, 6.07) is 19.9. The van der Waals surface area contributed by atoms with E-state index in [4.69, 9.17) is 9.47 Å². The lowest BCUT2D eigenvalue weighted by Crippen LogP contribution is -3.00. The highest BCUT2D eigenvalue weighted by Gasteiger charge is 2.59. The molecule has 6 nitrogen and oxygen atoms in total. The molecule has 0 bridgehead atoms. The van der Waals surface area contributed by atoms with Crippen LogP contribution in [0.1, 0.15) is 63.5 Å². The standard InChI is InChI=1S/C34H52N2O4.2HI/c1-7-35(5,8-2)23-17-25-39-33(37)31-29(27-19-13-11-14-20-27)32(30(31)28-21-15-12-16-22-28)34(38)40-26-18-24-36(6,9-3)10-4;;/h11-16,19-22,29-32H,7-10,17-18,23-26H2,1-6H3;2*1H/q+2;;/p-2. The lowest BCUT2D eigenvalue weighted by molar-refractivity contribution is -0.906. The van der Waals surface area contributed by atoms with Gasteiger partial charge in [-0.25, -0.2) is 0 Å². The molecule has 0 atom stereocenters. The molecule has 3 rings (SSSR count). The van der Waals surface area contributed by atoms with Crippen molar-refractivity contribution >= 4 is 11.9 Å². The smallest absolute Gasteiger partial charge is 0.310 e. The second kappa shape index (κ2) is 18.5. The van der Waals surface area contributed by atoms with Gasteiger partial charge in [0.1, 0.15) is 0 Å². The second-order valence-corrected chi connectivity index (χ2v) is 11.9. The van der Waals surface area contributed by atoms with Crippen LogP contribution in [0.15, 0.2) is 60.7 Å². The molecule has 0 aromatic heterocycles. The number of hydrogen-bond donors (Lipinski definition) is 0. The van der Waals surface area contributed by atoms with Crippen LogP contribution in [0.3, 0.4) is 0 Å². The predicted molar refractivity (Wildman–Crippen MR) is 161 cm³/mol. The van der Waals surface area contributed by atoms with Gasteiger partial charge in [0.25, 0.3) is 0 Å². The van der Waals surface area contributed by atoms with Crippen molar-refractivity contribution in [2.75, 3.05) is 66.6 Å². The topological polar surface area (TPSA) is 52.6 Å². The zero-order chi connectivity index (χ0) is 29.2. The minimum atomic E-state index is -0.430. The summed E-state index contributed by atoms with van der Waals surface area (Å²) in [5, 5.41) is 0. The summed E-state index contributed by atoms with van der Waals surface area (Å²) in [5.41, 5.74) is 1.97. The summed E-state index contributed by atoms with van der Waals surface area (Å²) in [6.45, 7) is 15.7. The third-order valence-corrected chi connectivity index (χ3v) is 9.69. The first kappa shape index (κ1) is 38.8. The first-order valence-electron chi connectivity index (χ1n) is 15.3. The summed E-state index contributed by atoms with van der Waals surface area (Å²) >= 11 is 0. The molecule has 1 fully saturated rings. The van der Waals surface area contributed by atoms with Gasteiger partial charge in [0.15, 0.2) is 0 Å². The Morgan fingerprint density at radius 1 is 0.595 bits per heavy atom. The van der Waals surface area contributed by atoms with Crippen molar-refractivity contribution in [2.45, 2.75) is 52.4 Å². The van der Waals surface area contributed by atoms with Crippen molar-refractivity contribution in [1.29, 1.82) is 0 Å². The number of quaternary nitrogens is 2. The molecule has 0 radical (unpaired) electrons. The molecule has 236 valence electrons. The third-order valence-electron chi connectivity index (χ3n) is 9.69. The largest absolute Gasteiger partial charge is 1.00 e. The number of halogens is 2. The Labute approximate surface area is 288 Å². The van der Waals surface area contributed by atoms with E-state index in [1.807, 2.05) is 60.7 Å². The molecule has 1 aliphatic carbocycles. The third kappa shape index (κ3) is 9.89. The summed E-state index contributed by atoms with van der Waals surface area (Å²) < 4.78 is 13.8. The molecule has 42 heavy (non-hydrogen) atoms. The molecule has 2 aromatic carbocycles. The number of carbonyl (C=O) groups is 2. The van der Waals surface area contributed by atoms with Crippen LogP contribution in [0.4, 0.5) is 0 Å². The first-order valence-corrected chi connectivity index (χ1v) is 15.3. The number of nitrogens with zero attached hydrogens (tertiary/aromatic N) is 2. The highest BCUT2D eigenvalue weighted by Crippen LogP contribution is 2.58. The average Bonchev–Trinajstić information content (AvgIpc) is 2.98. The van der Waals surface area contributed by atoms with Gasteiger partial charge in [0.05, 0.1) is 78.4 Å². The molecule has 0 amide bonds. The molecule has 1 aliphatic rings. The van der Waals surface area contributed by atoms with Gasteiger partial charge >= 0.3 is 11.9 Å². The molecule has 0 aliphatic heterocycles. The van der Waals surface area contributed by atoms with E-state index >= 15 is 0 Å². The van der Waals surface area contributed by atoms with E-state index in [-0.39, 0.29) is 71.7 Å². The van der Waals surface area contributed by atoms with Crippen LogP contribution >= 0.6 is 0 Å². The van der Waals surface area contributed by atoms with Crippen LogP contribution in [0.5, 0.6) is 0 Å². The SMILES string of the molecule is CC[N+](C)(CC)CCCOC(=O)C1C(c2ccccc2)C(C(=O)OCCC[N+](C)(CC)CC)C1c1ccccc1.[I-].[I-]. The molecule has 0 N–H and O–H groups in total. The maximum Gasteiger partial charge on any atom is 0.310 e. The van der Waals surface area contributed by atoms with E-state index in [0.717, 1.165) is 72.2 Å². The molecular weight excluding hydrogens is 754 g/mol. The average molecular weight is 807 g/mol. The summed E-state index contributed by atoms with van der Waals surface area (Å²) in [4.78, 5) is 27.4. The number of ether oxygens (including phenoxy) is 2. The quantitative estimate of drug-likeness (QED) is 0.101. The Kier molecular flexibility index (Phi) is 17.1. The Balaban J connectivity index is 0.00000441. The van der Waals surface area contributed by atoms with Crippen LogP contribution in [0.25, 0.3) is 0 Å². The molecule has 8 heteroatoms. The summed E-state index contributed by atoms with van der Waals surface area (Å²) in [7, 11) is 4.48. The zero-order valence-corrected chi connectivity index (χ0v) is 30.8. The lowest BCUT2D eigenvalue weighted by Gasteiger charge is -2.49. The van der Waals surface area contributed by atoms with Crippen molar-refractivity contribution in [1.82, 2.24) is 0 Å². The maximum absolute atomic E-state index is 13.7. The van der Waals surface area contributed by atoms with Crippen molar-refractivity contribution < 1.29 is 76.0 Å². The maximum atomic E-state index is 13.7. The highest BCUT2D eigenvalue weighted by atomic mass is 127. The lowest BCUT2D eigenvalue weighted by atomic mass is 9.52. The van der Waals surface area contributed by atoms with Gasteiger partial charge in [0.2, 0.25) is 0 Å². The van der Waals surface area contributed by atoms with Gasteiger partial charge < -0.3 is 66.4 Å². The van der Waals surface area contributed by atoms with E-state index in [1.54, 1.807) is 0 Å². The molecule has 0 heterocycles. The van der Waals surface area contributed by atoms with Gasteiger partial charge in [-0.05, 0) is 38.8 Å². The van der Waals surface area contributed by atoms with Crippen LogP contribution in [0, 0.1) is 11.8 Å². The number of hydrogen-bond acceptors (Lipinski definition) is 4. The van der Waals surface area contributed by atoms with Gasteiger partial charge in [-0.3, -0.25) is 9.59 Å². The Morgan fingerprint density at radius 2 is 0.905 bits per heavy atom. The molecule has 1 saturated carbocycles. The number of benzene rings is 2.